The van der Waals surface area contributed by atoms with E-state index in [-0.39, 0.29) is 16.7 Å². The molecule has 0 unspecified atom stereocenters. The first-order chi connectivity index (χ1) is 16.5. The number of nitrogens with zero attached hydrogens (tertiary/aromatic N) is 2. The third-order valence-corrected chi connectivity index (χ3v) is 6.40. The summed E-state index contributed by atoms with van der Waals surface area (Å²) in [6.07, 6.45) is 1.53. The zero-order chi connectivity index (χ0) is 24.1. The average molecular weight is 584 g/mol. The number of fused-ring (bicyclic) bond motifs is 1. The van der Waals surface area contributed by atoms with E-state index < -0.39 is 5.97 Å². The Hall–Kier alpha value is -3.49. The molecule has 4 rings (SSSR count). The number of thioether (sulfide) groups is 1. The summed E-state index contributed by atoms with van der Waals surface area (Å²) < 4.78 is 17.9. The highest BCUT2D eigenvalue weighted by atomic mass is 127. The van der Waals surface area contributed by atoms with Gasteiger partial charge in [0.15, 0.2) is 17.1 Å². The topological polar surface area (TPSA) is 106 Å². The molecular formula is C25H17IN2O5S. The lowest BCUT2D eigenvalue weighted by Gasteiger charge is -2.14. The standard InChI is InChI=1S/C25H17IN2O5S/c1-31-21-11-15(10-18(26)23(21)32-14-17-7-3-2-6-16(17)13-27)12-22(24(29)30)34-25-28-19-8-4-5-9-20(19)33-25/h2-12H,14H2,1H3,(H,29,30)/b22-12-. The van der Waals surface area contributed by atoms with E-state index in [9.17, 15) is 15.2 Å². The second-order valence-electron chi connectivity index (χ2n) is 6.96. The van der Waals surface area contributed by atoms with Crippen molar-refractivity contribution in [2.45, 2.75) is 11.8 Å². The van der Waals surface area contributed by atoms with Gasteiger partial charge in [0.05, 0.1) is 22.3 Å². The van der Waals surface area contributed by atoms with Gasteiger partial charge in [-0.1, -0.05) is 30.3 Å². The van der Waals surface area contributed by atoms with Crippen molar-refractivity contribution in [2.24, 2.45) is 0 Å². The van der Waals surface area contributed by atoms with Crippen LogP contribution in [0, 0.1) is 14.9 Å². The zero-order valence-electron chi connectivity index (χ0n) is 17.8. The molecule has 0 spiro atoms. The lowest BCUT2D eigenvalue weighted by molar-refractivity contribution is -0.131. The molecule has 1 aromatic heterocycles. The van der Waals surface area contributed by atoms with Crippen LogP contribution < -0.4 is 9.47 Å². The SMILES string of the molecule is COc1cc(/C=C(\Sc2nc3ccccc3o2)C(=O)O)cc(I)c1OCc1ccccc1C#N. The van der Waals surface area contributed by atoms with E-state index in [1.54, 1.807) is 36.4 Å². The fraction of sp³-hybridized carbons (Fsp3) is 0.0800. The predicted octanol–water partition coefficient (Wildman–Crippen LogP) is 6.11. The number of ether oxygens (including phenoxy) is 2. The first-order valence-electron chi connectivity index (χ1n) is 9.95. The van der Waals surface area contributed by atoms with Crippen LogP contribution in [0.25, 0.3) is 17.2 Å². The fourth-order valence-electron chi connectivity index (χ4n) is 3.14. The van der Waals surface area contributed by atoms with Crippen LogP contribution in [0.4, 0.5) is 0 Å². The maximum Gasteiger partial charge on any atom is 0.342 e. The van der Waals surface area contributed by atoms with E-state index in [4.69, 9.17) is 13.9 Å². The number of para-hydroxylation sites is 2. The Morgan fingerprint density at radius 2 is 2.00 bits per heavy atom. The second kappa shape index (κ2) is 10.6. The molecular weight excluding hydrogens is 567 g/mol. The van der Waals surface area contributed by atoms with Gasteiger partial charge in [0.1, 0.15) is 17.0 Å². The van der Waals surface area contributed by atoms with Gasteiger partial charge in [-0.05, 0) is 76.3 Å². The Morgan fingerprint density at radius 1 is 1.24 bits per heavy atom. The highest BCUT2D eigenvalue weighted by Crippen LogP contribution is 2.37. The fourth-order valence-corrected chi connectivity index (χ4v) is 4.67. The molecule has 0 aliphatic rings. The van der Waals surface area contributed by atoms with Crippen molar-refractivity contribution in [1.29, 1.82) is 5.26 Å². The number of carboxylic acids is 1. The van der Waals surface area contributed by atoms with Crippen molar-refractivity contribution >= 4 is 57.5 Å². The van der Waals surface area contributed by atoms with Gasteiger partial charge in [-0.25, -0.2) is 9.78 Å². The molecule has 9 heteroatoms. The number of oxazole rings is 1. The molecule has 34 heavy (non-hydrogen) atoms. The summed E-state index contributed by atoms with van der Waals surface area (Å²) in [6, 6.07) is 20.1. The van der Waals surface area contributed by atoms with Crippen molar-refractivity contribution in [3.8, 4) is 17.6 Å². The number of aromatic nitrogens is 1. The van der Waals surface area contributed by atoms with E-state index in [1.807, 2.05) is 24.3 Å². The normalized spacial score (nSPS) is 11.3. The summed E-state index contributed by atoms with van der Waals surface area (Å²) in [5, 5.41) is 19.3. The molecule has 0 saturated carbocycles. The van der Waals surface area contributed by atoms with Crippen LogP contribution in [-0.2, 0) is 11.4 Å². The summed E-state index contributed by atoms with van der Waals surface area (Å²) in [4.78, 5) is 16.3. The summed E-state index contributed by atoms with van der Waals surface area (Å²) in [5.74, 6) is -0.143. The van der Waals surface area contributed by atoms with E-state index in [0.717, 1.165) is 20.9 Å². The molecule has 0 atom stereocenters. The van der Waals surface area contributed by atoms with Gasteiger partial charge in [-0.15, -0.1) is 0 Å². The summed E-state index contributed by atoms with van der Waals surface area (Å²) in [7, 11) is 1.51. The molecule has 0 fully saturated rings. The minimum Gasteiger partial charge on any atom is -0.493 e. The van der Waals surface area contributed by atoms with Gasteiger partial charge < -0.3 is 19.0 Å². The van der Waals surface area contributed by atoms with Gasteiger partial charge in [0.25, 0.3) is 5.22 Å². The van der Waals surface area contributed by atoms with Crippen LogP contribution >= 0.6 is 34.4 Å². The van der Waals surface area contributed by atoms with E-state index in [1.165, 1.54) is 13.2 Å². The van der Waals surface area contributed by atoms with Crippen LogP contribution in [0.15, 0.2) is 75.2 Å². The summed E-state index contributed by atoms with van der Waals surface area (Å²) >= 11 is 3.04. The van der Waals surface area contributed by atoms with Crippen LogP contribution in [-0.4, -0.2) is 23.2 Å². The Balaban J connectivity index is 1.60. The Bertz CT molecular complexity index is 1410. The molecule has 7 nitrogen and oxygen atoms in total. The molecule has 0 radical (unpaired) electrons. The van der Waals surface area contributed by atoms with Crippen molar-refractivity contribution in [2.75, 3.05) is 7.11 Å². The van der Waals surface area contributed by atoms with Gasteiger partial charge in [-0.3, -0.25) is 0 Å². The second-order valence-corrected chi connectivity index (χ2v) is 9.11. The number of benzene rings is 3. The van der Waals surface area contributed by atoms with Crippen LogP contribution in [0.1, 0.15) is 16.7 Å². The van der Waals surface area contributed by atoms with Crippen LogP contribution in [0.3, 0.4) is 0 Å². The molecule has 0 bridgehead atoms. The number of halogens is 1. The molecule has 1 heterocycles. The van der Waals surface area contributed by atoms with Crippen LogP contribution in [0.2, 0.25) is 0 Å². The Labute approximate surface area is 213 Å². The molecule has 3 aromatic carbocycles. The van der Waals surface area contributed by atoms with Gasteiger partial charge >= 0.3 is 5.97 Å². The van der Waals surface area contributed by atoms with E-state index in [2.05, 4.69) is 33.6 Å². The third kappa shape index (κ3) is 5.35. The number of carboxylic acid groups (broad SMARTS) is 1. The van der Waals surface area contributed by atoms with Crippen molar-refractivity contribution in [3.05, 3.63) is 85.8 Å². The number of hydrogen-bond acceptors (Lipinski definition) is 7. The maximum atomic E-state index is 11.9. The van der Waals surface area contributed by atoms with Crippen molar-refractivity contribution < 1.29 is 23.8 Å². The quantitative estimate of drug-likeness (QED) is 0.150. The summed E-state index contributed by atoms with van der Waals surface area (Å²) in [6.45, 7) is 0.194. The highest BCUT2D eigenvalue weighted by Gasteiger charge is 2.17. The summed E-state index contributed by atoms with van der Waals surface area (Å²) in [5.41, 5.74) is 3.16. The average Bonchev–Trinajstić information content (AvgIpc) is 3.25. The predicted molar refractivity (Wildman–Crippen MR) is 137 cm³/mol. The molecule has 170 valence electrons. The van der Waals surface area contributed by atoms with Gasteiger partial charge in [0.2, 0.25) is 0 Å². The smallest absolute Gasteiger partial charge is 0.342 e. The lowest BCUT2D eigenvalue weighted by Crippen LogP contribution is -2.02. The molecule has 0 aliphatic carbocycles. The molecule has 1 N–H and O–H groups in total. The first-order valence-corrected chi connectivity index (χ1v) is 11.8. The number of aliphatic carboxylic acids is 1. The maximum absolute atomic E-state index is 11.9. The third-order valence-electron chi connectivity index (χ3n) is 4.74. The van der Waals surface area contributed by atoms with E-state index >= 15 is 0 Å². The van der Waals surface area contributed by atoms with Crippen molar-refractivity contribution in [1.82, 2.24) is 4.98 Å². The molecule has 4 aromatic rings. The Morgan fingerprint density at radius 3 is 2.74 bits per heavy atom. The number of carbonyl (C=O) groups is 1. The Kier molecular flexibility index (Phi) is 7.40. The lowest BCUT2D eigenvalue weighted by atomic mass is 10.1. The number of nitriles is 1. The number of rotatable bonds is 8. The first kappa shape index (κ1) is 23.7. The zero-order valence-corrected chi connectivity index (χ0v) is 20.8. The monoisotopic (exact) mass is 584 g/mol. The number of methoxy groups -OCH3 is 1. The van der Waals surface area contributed by atoms with Gasteiger partial charge in [-0.2, -0.15) is 5.26 Å². The minimum atomic E-state index is -1.10. The number of hydrogen-bond donors (Lipinski definition) is 1. The molecule has 0 amide bonds. The molecule has 0 aliphatic heterocycles. The molecule has 0 saturated heterocycles. The minimum absolute atomic E-state index is 0.0426. The largest absolute Gasteiger partial charge is 0.493 e. The van der Waals surface area contributed by atoms with Gasteiger partial charge in [0, 0.05) is 5.56 Å². The van der Waals surface area contributed by atoms with E-state index in [0.29, 0.717) is 33.7 Å². The van der Waals surface area contributed by atoms with Crippen molar-refractivity contribution in [3.63, 3.8) is 0 Å². The highest BCUT2D eigenvalue weighted by molar-refractivity contribution is 14.1. The van der Waals surface area contributed by atoms with Crippen LogP contribution in [0.5, 0.6) is 11.5 Å².